The van der Waals surface area contributed by atoms with Crippen LogP contribution in [-0.2, 0) is 6.42 Å². The fourth-order valence-corrected chi connectivity index (χ4v) is 2.70. The first-order valence-corrected chi connectivity index (χ1v) is 7.10. The highest BCUT2D eigenvalue weighted by molar-refractivity contribution is 5.40. The first-order valence-electron chi connectivity index (χ1n) is 7.10. The van der Waals surface area contributed by atoms with Crippen molar-refractivity contribution in [3.63, 3.8) is 0 Å². The Hall–Kier alpha value is -0.860. The molecule has 2 nitrogen and oxygen atoms in total. The van der Waals surface area contributed by atoms with E-state index < -0.39 is 0 Å². The monoisotopic (exact) mass is 246 g/mol. The third kappa shape index (κ3) is 3.12. The molecular weight excluding hydrogens is 220 g/mol. The van der Waals surface area contributed by atoms with Gasteiger partial charge in [0.15, 0.2) is 0 Å². The first-order chi connectivity index (χ1) is 8.58. The summed E-state index contributed by atoms with van der Waals surface area (Å²) in [5.41, 5.74) is 9.18. The van der Waals surface area contributed by atoms with Crippen molar-refractivity contribution in [2.75, 3.05) is 20.1 Å². The summed E-state index contributed by atoms with van der Waals surface area (Å²) < 4.78 is 0. The minimum atomic E-state index is 0.334. The molecule has 0 amide bonds. The van der Waals surface area contributed by atoms with Crippen LogP contribution >= 0.6 is 0 Å². The fourth-order valence-electron chi connectivity index (χ4n) is 2.70. The Labute approximate surface area is 111 Å². The Kier molecular flexibility index (Phi) is 4.41. The Balaban J connectivity index is 1.75. The minimum Gasteiger partial charge on any atom is -0.327 e. The summed E-state index contributed by atoms with van der Waals surface area (Å²) in [6, 6.07) is 9.15. The molecule has 0 saturated heterocycles. The van der Waals surface area contributed by atoms with Crippen molar-refractivity contribution in [2.24, 2.45) is 11.7 Å². The Bertz CT molecular complexity index is 386. The van der Waals surface area contributed by atoms with Gasteiger partial charge in [0.2, 0.25) is 0 Å². The summed E-state index contributed by atoms with van der Waals surface area (Å²) in [6.45, 7) is 6.68. The number of rotatable bonds is 6. The van der Waals surface area contributed by atoms with E-state index in [2.05, 4.69) is 50.1 Å². The lowest BCUT2D eigenvalue weighted by atomic mass is 9.77. The largest absolute Gasteiger partial charge is 0.327 e. The molecule has 0 aliphatic heterocycles. The van der Waals surface area contributed by atoms with Crippen LogP contribution in [0.3, 0.4) is 0 Å². The molecule has 2 heteroatoms. The average Bonchev–Trinajstić information content (AvgIpc) is 2.33. The molecule has 0 aromatic heterocycles. The maximum atomic E-state index is 6.09. The summed E-state index contributed by atoms with van der Waals surface area (Å²) >= 11 is 0. The zero-order valence-corrected chi connectivity index (χ0v) is 11.9. The van der Waals surface area contributed by atoms with E-state index >= 15 is 0 Å². The fraction of sp³-hybridized carbons (Fsp3) is 0.625. The van der Waals surface area contributed by atoms with Gasteiger partial charge in [-0.15, -0.1) is 0 Å². The zero-order valence-electron chi connectivity index (χ0n) is 11.9. The smallest absolute Gasteiger partial charge is 0.00740 e. The van der Waals surface area contributed by atoms with E-state index in [0.717, 1.165) is 18.9 Å². The number of nitrogens with two attached hydrogens (primary N) is 1. The third-order valence-electron chi connectivity index (χ3n) is 4.19. The molecule has 0 bridgehead atoms. The van der Waals surface area contributed by atoms with Gasteiger partial charge < -0.3 is 10.6 Å². The van der Waals surface area contributed by atoms with Gasteiger partial charge in [-0.1, -0.05) is 38.1 Å². The van der Waals surface area contributed by atoms with Gasteiger partial charge in [0.05, 0.1) is 0 Å². The summed E-state index contributed by atoms with van der Waals surface area (Å²) in [5, 5.41) is 0. The molecule has 0 spiro atoms. The normalized spacial score (nSPS) is 19.8. The molecule has 0 fully saturated rings. The van der Waals surface area contributed by atoms with Gasteiger partial charge in [-0.05, 0) is 43.5 Å². The summed E-state index contributed by atoms with van der Waals surface area (Å²) in [5.74, 6) is 1.32. The second-order valence-electron chi connectivity index (χ2n) is 6.06. The van der Waals surface area contributed by atoms with Crippen LogP contribution in [0.5, 0.6) is 0 Å². The molecule has 1 aliphatic rings. The standard InChI is InChI=1S/C16H26N2/c1-12(2)16(17)8-9-18(3)11-14-10-13-6-4-5-7-15(13)14/h4-7,12,14,16H,8-11,17H2,1-3H3. The Morgan fingerprint density at radius 3 is 2.72 bits per heavy atom. The van der Waals surface area contributed by atoms with E-state index in [1.54, 1.807) is 5.56 Å². The highest BCUT2D eigenvalue weighted by Crippen LogP contribution is 2.35. The third-order valence-corrected chi connectivity index (χ3v) is 4.19. The van der Waals surface area contributed by atoms with Crippen LogP contribution in [0, 0.1) is 5.92 Å². The van der Waals surface area contributed by atoms with Crippen molar-refractivity contribution in [1.29, 1.82) is 0 Å². The molecule has 1 aromatic rings. The molecular formula is C16H26N2. The molecule has 2 rings (SSSR count). The highest BCUT2D eigenvalue weighted by Gasteiger charge is 2.26. The van der Waals surface area contributed by atoms with Crippen LogP contribution < -0.4 is 5.73 Å². The molecule has 2 N–H and O–H groups in total. The van der Waals surface area contributed by atoms with Gasteiger partial charge in [-0.3, -0.25) is 0 Å². The van der Waals surface area contributed by atoms with Crippen molar-refractivity contribution in [2.45, 2.75) is 38.6 Å². The number of hydrogen-bond acceptors (Lipinski definition) is 2. The van der Waals surface area contributed by atoms with Crippen LogP contribution in [-0.4, -0.2) is 31.1 Å². The minimum absolute atomic E-state index is 0.334. The molecule has 0 saturated carbocycles. The van der Waals surface area contributed by atoms with E-state index in [-0.39, 0.29) is 0 Å². The van der Waals surface area contributed by atoms with E-state index in [4.69, 9.17) is 5.73 Å². The van der Waals surface area contributed by atoms with Crippen LogP contribution in [0.25, 0.3) is 0 Å². The quantitative estimate of drug-likeness (QED) is 0.836. The zero-order chi connectivity index (χ0) is 13.1. The van der Waals surface area contributed by atoms with Gasteiger partial charge >= 0.3 is 0 Å². The molecule has 2 atom stereocenters. The Morgan fingerprint density at radius 1 is 1.33 bits per heavy atom. The number of benzene rings is 1. The molecule has 100 valence electrons. The molecule has 0 radical (unpaired) electrons. The van der Waals surface area contributed by atoms with Crippen LogP contribution in [0.15, 0.2) is 24.3 Å². The Morgan fingerprint density at radius 2 is 2.06 bits per heavy atom. The molecule has 2 unspecified atom stereocenters. The van der Waals surface area contributed by atoms with Gasteiger partial charge in [0, 0.05) is 18.5 Å². The number of likely N-dealkylation sites (N-methyl/N-ethyl adjacent to an activating group) is 1. The summed E-state index contributed by atoms with van der Waals surface area (Å²) in [7, 11) is 2.22. The van der Waals surface area contributed by atoms with Crippen molar-refractivity contribution >= 4 is 0 Å². The van der Waals surface area contributed by atoms with Crippen LogP contribution in [0.4, 0.5) is 0 Å². The molecule has 1 aromatic carbocycles. The van der Waals surface area contributed by atoms with E-state index in [9.17, 15) is 0 Å². The van der Waals surface area contributed by atoms with Crippen molar-refractivity contribution < 1.29 is 0 Å². The van der Waals surface area contributed by atoms with E-state index in [1.807, 2.05) is 0 Å². The van der Waals surface area contributed by atoms with Gasteiger partial charge in [0.25, 0.3) is 0 Å². The van der Waals surface area contributed by atoms with Crippen LogP contribution in [0.2, 0.25) is 0 Å². The molecule has 0 heterocycles. The number of nitrogens with zero attached hydrogens (tertiary/aromatic N) is 1. The van der Waals surface area contributed by atoms with E-state index in [1.165, 1.54) is 18.5 Å². The lowest BCUT2D eigenvalue weighted by molar-refractivity contribution is 0.277. The lowest BCUT2D eigenvalue weighted by Gasteiger charge is -2.33. The summed E-state index contributed by atoms with van der Waals surface area (Å²) in [6.07, 6.45) is 2.35. The first kappa shape index (κ1) is 13.6. The maximum absolute atomic E-state index is 6.09. The van der Waals surface area contributed by atoms with Crippen molar-refractivity contribution in [3.8, 4) is 0 Å². The van der Waals surface area contributed by atoms with Crippen LogP contribution in [0.1, 0.15) is 37.3 Å². The molecule has 18 heavy (non-hydrogen) atoms. The average molecular weight is 246 g/mol. The summed E-state index contributed by atoms with van der Waals surface area (Å²) in [4.78, 5) is 2.43. The SMILES string of the molecule is CC(C)C(N)CCN(C)CC1Cc2ccccc21. The predicted octanol–water partition coefficient (Wildman–Crippen LogP) is 2.63. The number of hydrogen-bond donors (Lipinski definition) is 1. The number of fused-ring (bicyclic) bond motifs is 1. The second kappa shape index (κ2) is 5.85. The maximum Gasteiger partial charge on any atom is 0.00740 e. The second-order valence-corrected chi connectivity index (χ2v) is 6.06. The highest BCUT2D eigenvalue weighted by atomic mass is 15.1. The topological polar surface area (TPSA) is 29.3 Å². The van der Waals surface area contributed by atoms with Crippen molar-refractivity contribution in [3.05, 3.63) is 35.4 Å². The van der Waals surface area contributed by atoms with Gasteiger partial charge in [-0.2, -0.15) is 0 Å². The van der Waals surface area contributed by atoms with Crippen molar-refractivity contribution in [1.82, 2.24) is 4.90 Å². The predicted molar refractivity (Wildman–Crippen MR) is 77.8 cm³/mol. The van der Waals surface area contributed by atoms with Gasteiger partial charge in [-0.25, -0.2) is 0 Å². The molecule has 1 aliphatic carbocycles. The van der Waals surface area contributed by atoms with Gasteiger partial charge in [0.1, 0.15) is 0 Å². The van der Waals surface area contributed by atoms with E-state index in [0.29, 0.717) is 12.0 Å². The lowest BCUT2D eigenvalue weighted by Crippen LogP contribution is -2.35.